The molecule has 108 valence electrons. The Morgan fingerprint density at radius 2 is 2.14 bits per heavy atom. The van der Waals surface area contributed by atoms with E-state index >= 15 is 0 Å². The van der Waals surface area contributed by atoms with Gasteiger partial charge in [-0.3, -0.25) is 0 Å². The molecule has 0 fully saturated rings. The van der Waals surface area contributed by atoms with Crippen LogP contribution in [0.5, 0.6) is 11.5 Å². The molecular weight excluding hydrogens is 310 g/mol. The Kier molecular flexibility index (Phi) is 4.08. The third-order valence-corrected chi connectivity index (χ3v) is 3.44. The number of thiocarbonyl (C=S) groups is 1. The highest BCUT2D eigenvalue weighted by molar-refractivity contribution is 7.80. The summed E-state index contributed by atoms with van der Waals surface area (Å²) in [5.41, 5.74) is 1.71. The molecule has 1 aliphatic rings. The maximum Gasteiger partial charge on any atom is 0.231 e. The lowest BCUT2D eigenvalue weighted by atomic mass is 10.2. The Labute approximate surface area is 132 Å². The quantitative estimate of drug-likeness (QED) is 0.669. The molecule has 0 atom stereocenters. The molecule has 5 nitrogen and oxygen atoms in total. The van der Waals surface area contributed by atoms with Crippen molar-refractivity contribution in [1.29, 1.82) is 0 Å². The predicted octanol–water partition coefficient (Wildman–Crippen LogP) is 2.95. The molecule has 2 heterocycles. The normalized spacial score (nSPS) is 12.0. The Bertz CT molecular complexity index is 681. The van der Waals surface area contributed by atoms with E-state index in [4.69, 9.17) is 33.3 Å². The van der Waals surface area contributed by atoms with Gasteiger partial charge in [0, 0.05) is 12.7 Å². The summed E-state index contributed by atoms with van der Waals surface area (Å²) in [5, 5.41) is 6.96. The first-order valence-corrected chi connectivity index (χ1v) is 7.05. The summed E-state index contributed by atoms with van der Waals surface area (Å²) < 4.78 is 10.6. The molecule has 7 heteroatoms. The number of benzene rings is 1. The number of nitrogens with zero attached hydrogens (tertiary/aromatic N) is 1. The highest BCUT2D eigenvalue weighted by Crippen LogP contribution is 2.32. The van der Waals surface area contributed by atoms with E-state index in [1.807, 2.05) is 24.3 Å². The van der Waals surface area contributed by atoms with Gasteiger partial charge in [-0.15, -0.1) is 0 Å². The van der Waals surface area contributed by atoms with Gasteiger partial charge < -0.3 is 20.1 Å². The van der Waals surface area contributed by atoms with Crippen molar-refractivity contribution in [3.63, 3.8) is 0 Å². The number of anilines is 1. The van der Waals surface area contributed by atoms with Crippen molar-refractivity contribution in [2.45, 2.75) is 6.54 Å². The number of nitrogens with one attached hydrogen (secondary N) is 2. The van der Waals surface area contributed by atoms with Gasteiger partial charge in [0.2, 0.25) is 6.79 Å². The van der Waals surface area contributed by atoms with Gasteiger partial charge >= 0.3 is 0 Å². The third-order valence-electron chi connectivity index (χ3n) is 2.90. The first-order chi connectivity index (χ1) is 10.2. The molecule has 0 saturated carbocycles. The van der Waals surface area contributed by atoms with Crippen LogP contribution in [0, 0.1) is 0 Å². The summed E-state index contributed by atoms with van der Waals surface area (Å²) in [4.78, 5) is 3.97. The Morgan fingerprint density at radius 1 is 1.29 bits per heavy atom. The number of hydrogen-bond acceptors (Lipinski definition) is 4. The molecule has 3 rings (SSSR count). The number of pyridine rings is 1. The van der Waals surface area contributed by atoms with Gasteiger partial charge in [0.05, 0.1) is 5.69 Å². The van der Waals surface area contributed by atoms with E-state index in [-0.39, 0.29) is 6.79 Å². The van der Waals surface area contributed by atoms with Crippen LogP contribution in [0.1, 0.15) is 5.56 Å². The van der Waals surface area contributed by atoms with Crippen molar-refractivity contribution in [3.05, 3.63) is 47.2 Å². The zero-order valence-electron chi connectivity index (χ0n) is 10.9. The fraction of sp³-hybridized carbons (Fsp3) is 0.143. The van der Waals surface area contributed by atoms with E-state index in [2.05, 4.69) is 15.6 Å². The van der Waals surface area contributed by atoms with Gasteiger partial charge in [0.25, 0.3) is 0 Å². The number of halogens is 1. The molecule has 1 aromatic heterocycles. The molecule has 1 aromatic carbocycles. The molecular formula is C14H12ClN3O2S. The maximum atomic E-state index is 5.96. The van der Waals surface area contributed by atoms with Crippen LogP contribution in [-0.2, 0) is 6.54 Å². The van der Waals surface area contributed by atoms with Gasteiger partial charge in [-0.05, 0) is 42.0 Å². The standard InChI is InChI=1S/C14H12ClN3O2S/c15-13-10(2-1-5-16-13)18-14(21)17-7-9-3-4-11-12(6-9)20-8-19-11/h1-6H,7-8H2,(H2,17,18,21). The Hall–Kier alpha value is -2.05. The Balaban J connectivity index is 1.58. The van der Waals surface area contributed by atoms with E-state index in [0.29, 0.717) is 22.5 Å². The smallest absolute Gasteiger partial charge is 0.231 e. The SMILES string of the molecule is S=C(NCc1ccc2c(c1)OCO2)Nc1cccnc1Cl. The molecule has 0 saturated heterocycles. The molecule has 2 N–H and O–H groups in total. The molecule has 21 heavy (non-hydrogen) atoms. The molecule has 1 aliphatic heterocycles. The average molecular weight is 322 g/mol. The zero-order chi connectivity index (χ0) is 14.7. The molecule has 0 radical (unpaired) electrons. The highest BCUT2D eigenvalue weighted by Gasteiger charge is 2.13. The van der Waals surface area contributed by atoms with Gasteiger partial charge in [0.15, 0.2) is 21.8 Å². The summed E-state index contributed by atoms with van der Waals surface area (Å²) in [6.07, 6.45) is 1.62. The fourth-order valence-electron chi connectivity index (χ4n) is 1.88. The second kappa shape index (κ2) is 6.15. The van der Waals surface area contributed by atoms with Gasteiger partial charge in [0.1, 0.15) is 0 Å². The van der Waals surface area contributed by atoms with Crippen molar-refractivity contribution in [3.8, 4) is 11.5 Å². The van der Waals surface area contributed by atoms with Crippen molar-refractivity contribution in [2.24, 2.45) is 0 Å². The zero-order valence-corrected chi connectivity index (χ0v) is 12.5. The van der Waals surface area contributed by atoms with Crippen LogP contribution in [0.3, 0.4) is 0 Å². The monoisotopic (exact) mass is 321 g/mol. The first-order valence-electron chi connectivity index (χ1n) is 6.26. The van der Waals surface area contributed by atoms with Crippen molar-refractivity contribution in [2.75, 3.05) is 12.1 Å². The minimum absolute atomic E-state index is 0.270. The number of rotatable bonds is 3. The van der Waals surface area contributed by atoms with E-state index in [1.165, 1.54) is 0 Å². The molecule has 0 unspecified atom stereocenters. The van der Waals surface area contributed by atoms with Crippen LogP contribution in [0.2, 0.25) is 5.15 Å². The van der Waals surface area contributed by atoms with Crippen LogP contribution in [0.4, 0.5) is 5.69 Å². The summed E-state index contributed by atoms with van der Waals surface area (Å²) in [5.74, 6) is 1.52. The molecule has 0 amide bonds. The van der Waals surface area contributed by atoms with Crippen LogP contribution >= 0.6 is 23.8 Å². The molecule has 0 spiro atoms. The van der Waals surface area contributed by atoms with Gasteiger partial charge in [-0.2, -0.15) is 0 Å². The molecule has 0 aliphatic carbocycles. The largest absolute Gasteiger partial charge is 0.454 e. The highest BCUT2D eigenvalue weighted by atomic mass is 35.5. The maximum absolute atomic E-state index is 5.96. The van der Waals surface area contributed by atoms with Gasteiger partial charge in [-0.1, -0.05) is 17.7 Å². The second-order valence-corrected chi connectivity index (χ2v) is 5.10. The van der Waals surface area contributed by atoms with E-state index < -0.39 is 0 Å². The minimum Gasteiger partial charge on any atom is -0.454 e. The third kappa shape index (κ3) is 3.34. The topological polar surface area (TPSA) is 55.4 Å². The number of fused-ring (bicyclic) bond motifs is 1. The lowest BCUT2D eigenvalue weighted by molar-refractivity contribution is 0.174. The lowest BCUT2D eigenvalue weighted by Gasteiger charge is -2.11. The number of ether oxygens (including phenoxy) is 2. The van der Waals surface area contributed by atoms with E-state index in [0.717, 1.165) is 17.1 Å². The van der Waals surface area contributed by atoms with Crippen LogP contribution in [0.15, 0.2) is 36.5 Å². The minimum atomic E-state index is 0.270. The van der Waals surface area contributed by atoms with Crippen molar-refractivity contribution >= 4 is 34.6 Å². The van der Waals surface area contributed by atoms with Crippen LogP contribution < -0.4 is 20.1 Å². The van der Waals surface area contributed by atoms with Crippen LogP contribution in [0.25, 0.3) is 0 Å². The number of aromatic nitrogens is 1. The average Bonchev–Trinajstić information content (AvgIpc) is 2.95. The summed E-state index contributed by atoms with van der Waals surface area (Å²) >= 11 is 11.2. The van der Waals surface area contributed by atoms with E-state index in [9.17, 15) is 0 Å². The summed E-state index contributed by atoms with van der Waals surface area (Å²) in [7, 11) is 0. The van der Waals surface area contributed by atoms with E-state index in [1.54, 1.807) is 12.3 Å². The predicted molar refractivity (Wildman–Crippen MR) is 84.9 cm³/mol. The molecule has 2 aromatic rings. The summed E-state index contributed by atoms with van der Waals surface area (Å²) in [6, 6.07) is 9.36. The van der Waals surface area contributed by atoms with Crippen molar-refractivity contribution in [1.82, 2.24) is 10.3 Å². The lowest BCUT2D eigenvalue weighted by Crippen LogP contribution is -2.28. The van der Waals surface area contributed by atoms with Gasteiger partial charge in [-0.25, -0.2) is 4.98 Å². The number of hydrogen-bond donors (Lipinski definition) is 2. The van der Waals surface area contributed by atoms with Crippen molar-refractivity contribution < 1.29 is 9.47 Å². The first kappa shape index (κ1) is 13.9. The second-order valence-electron chi connectivity index (χ2n) is 4.34. The molecule has 0 bridgehead atoms. The Morgan fingerprint density at radius 3 is 3.00 bits per heavy atom. The van der Waals surface area contributed by atoms with Crippen LogP contribution in [-0.4, -0.2) is 16.9 Å². The summed E-state index contributed by atoms with van der Waals surface area (Å²) in [6.45, 7) is 0.839. The fourth-order valence-corrected chi connectivity index (χ4v) is 2.23.